The summed E-state index contributed by atoms with van der Waals surface area (Å²) in [5, 5.41) is 3.50. The molecule has 1 atom stereocenters. The van der Waals surface area contributed by atoms with Crippen LogP contribution >= 0.6 is 0 Å². The first-order chi connectivity index (χ1) is 9.73. The Morgan fingerprint density at radius 1 is 1.10 bits per heavy atom. The second-order valence-electron chi connectivity index (χ2n) is 7.54. The lowest BCUT2D eigenvalue weighted by molar-refractivity contribution is 0.399. The Bertz CT molecular complexity index is 423. The first kappa shape index (κ1) is 18.1. The van der Waals surface area contributed by atoms with Crippen molar-refractivity contribution in [3.05, 3.63) is 22.8 Å². The normalized spacial score (nSPS) is 13.5. The van der Waals surface area contributed by atoms with Crippen LogP contribution in [0.5, 0.6) is 0 Å². The molecule has 3 nitrogen and oxygen atoms in total. The summed E-state index contributed by atoms with van der Waals surface area (Å²) in [6.45, 7) is 17.6. The van der Waals surface area contributed by atoms with Crippen molar-refractivity contribution in [2.24, 2.45) is 11.3 Å². The number of nitrogens with one attached hydrogen (secondary N) is 1. The van der Waals surface area contributed by atoms with Crippen molar-refractivity contribution in [1.82, 2.24) is 15.3 Å². The van der Waals surface area contributed by atoms with Gasteiger partial charge in [0.05, 0.1) is 0 Å². The lowest BCUT2D eigenvalue weighted by Gasteiger charge is -2.20. The Balaban J connectivity index is 2.75. The van der Waals surface area contributed by atoms with Crippen LogP contribution in [0.4, 0.5) is 0 Å². The third kappa shape index (κ3) is 6.56. The molecular formula is C18H33N3. The molecule has 1 rings (SSSR count). The molecule has 0 bridgehead atoms. The Morgan fingerprint density at radius 3 is 2.14 bits per heavy atom. The fraction of sp³-hybridized carbons (Fsp3) is 0.778. The second-order valence-corrected chi connectivity index (χ2v) is 7.54. The minimum absolute atomic E-state index is 0.234. The topological polar surface area (TPSA) is 37.8 Å². The predicted molar refractivity (Wildman–Crippen MR) is 90.7 cm³/mol. The molecule has 0 aliphatic rings. The van der Waals surface area contributed by atoms with Gasteiger partial charge in [-0.3, -0.25) is 0 Å². The van der Waals surface area contributed by atoms with Gasteiger partial charge in [-0.25, -0.2) is 9.97 Å². The van der Waals surface area contributed by atoms with E-state index in [2.05, 4.69) is 53.8 Å². The number of hydrogen-bond donors (Lipinski definition) is 1. The zero-order valence-corrected chi connectivity index (χ0v) is 15.0. The Labute approximate surface area is 131 Å². The lowest BCUT2D eigenvalue weighted by Crippen LogP contribution is -2.24. The molecule has 0 saturated carbocycles. The number of nitrogens with zero attached hydrogens (tertiary/aromatic N) is 2. The molecule has 1 heterocycles. The summed E-state index contributed by atoms with van der Waals surface area (Å²) >= 11 is 0. The maximum Gasteiger partial charge on any atom is 0.129 e. The average Bonchev–Trinajstić information content (AvgIpc) is 2.32. The number of aryl methyl sites for hydroxylation is 2. The molecule has 0 aliphatic heterocycles. The highest BCUT2D eigenvalue weighted by atomic mass is 14.9. The molecule has 1 aromatic heterocycles. The van der Waals surface area contributed by atoms with E-state index < -0.39 is 0 Å². The van der Waals surface area contributed by atoms with E-state index in [1.165, 1.54) is 12.0 Å². The van der Waals surface area contributed by atoms with E-state index in [9.17, 15) is 0 Å². The van der Waals surface area contributed by atoms with Gasteiger partial charge in [0.15, 0.2) is 0 Å². The van der Waals surface area contributed by atoms with E-state index in [0.717, 1.165) is 43.1 Å². The van der Waals surface area contributed by atoms with Crippen molar-refractivity contribution in [2.75, 3.05) is 13.1 Å². The lowest BCUT2D eigenvalue weighted by atomic mass is 9.91. The molecule has 0 spiro atoms. The van der Waals surface area contributed by atoms with Crippen LogP contribution in [0.25, 0.3) is 0 Å². The van der Waals surface area contributed by atoms with Gasteiger partial charge >= 0.3 is 0 Å². The molecule has 1 unspecified atom stereocenters. The minimum Gasteiger partial charge on any atom is -0.316 e. The second kappa shape index (κ2) is 7.88. The van der Waals surface area contributed by atoms with Crippen LogP contribution in [-0.2, 0) is 12.8 Å². The molecule has 0 fully saturated rings. The molecule has 0 saturated heterocycles. The summed E-state index contributed by atoms with van der Waals surface area (Å²) in [5.74, 6) is 1.60. The fourth-order valence-corrected chi connectivity index (χ4v) is 2.60. The van der Waals surface area contributed by atoms with Crippen molar-refractivity contribution in [1.29, 1.82) is 0 Å². The number of aromatic nitrogens is 2. The SMILES string of the molecule is CCCNCC(C)Cc1c(C)nc(CC(C)(C)C)nc1C. The van der Waals surface area contributed by atoms with Gasteiger partial charge in [0.2, 0.25) is 0 Å². The number of rotatable bonds is 7. The molecule has 0 amide bonds. The summed E-state index contributed by atoms with van der Waals surface area (Å²) in [6, 6.07) is 0. The van der Waals surface area contributed by atoms with Gasteiger partial charge in [-0.1, -0.05) is 34.6 Å². The quantitative estimate of drug-likeness (QED) is 0.775. The van der Waals surface area contributed by atoms with Gasteiger partial charge in [-0.05, 0) is 56.7 Å². The zero-order chi connectivity index (χ0) is 16.0. The monoisotopic (exact) mass is 291 g/mol. The molecule has 1 aromatic rings. The Kier molecular flexibility index (Phi) is 6.79. The van der Waals surface area contributed by atoms with Crippen molar-refractivity contribution in [2.45, 2.75) is 67.7 Å². The van der Waals surface area contributed by atoms with Gasteiger partial charge in [0.25, 0.3) is 0 Å². The zero-order valence-electron chi connectivity index (χ0n) is 15.0. The Hall–Kier alpha value is -0.960. The maximum atomic E-state index is 4.74. The summed E-state index contributed by atoms with van der Waals surface area (Å²) in [5.41, 5.74) is 3.88. The summed E-state index contributed by atoms with van der Waals surface area (Å²) < 4.78 is 0. The standard InChI is InChI=1S/C18H33N3/c1-8-9-19-12-13(2)10-16-14(3)20-17(21-15(16)4)11-18(5,6)7/h13,19H,8-12H2,1-7H3. The van der Waals surface area contributed by atoms with E-state index in [4.69, 9.17) is 9.97 Å². The molecule has 21 heavy (non-hydrogen) atoms. The summed E-state index contributed by atoms with van der Waals surface area (Å²) in [4.78, 5) is 9.47. The van der Waals surface area contributed by atoms with Crippen LogP contribution < -0.4 is 5.32 Å². The first-order valence-corrected chi connectivity index (χ1v) is 8.26. The molecule has 0 radical (unpaired) electrons. The number of hydrogen-bond acceptors (Lipinski definition) is 3. The van der Waals surface area contributed by atoms with Crippen molar-refractivity contribution < 1.29 is 0 Å². The Morgan fingerprint density at radius 2 is 1.67 bits per heavy atom. The van der Waals surface area contributed by atoms with Crippen LogP contribution in [0.1, 0.15) is 63.8 Å². The molecule has 0 aromatic carbocycles. The molecule has 3 heteroatoms. The molecular weight excluding hydrogens is 258 g/mol. The van der Waals surface area contributed by atoms with E-state index in [1.54, 1.807) is 0 Å². The van der Waals surface area contributed by atoms with Gasteiger partial charge in [-0.15, -0.1) is 0 Å². The van der Waals surface area contributed by atoms with Gasteiger partial charge < -0.3 is 5.32 Å². The van der Waals surface area contributed by atoms with Crippen LogP contribution in [0.2, 0.25) is 0 Å². The highest BCUT2D eigenvalue weighted by Crippen LogP contribution is 2.21. The van der Waals surface area contributed by atoms with E-state index in [0.29, 0.717) is 5.92 Å². The predicted octanol–water partition coefficient (Wildman–Crippen LogP) is 3.86. The van der Waals surface area contributed by atoms with Crippen molar-refractivity contribution in [3.63, 3.8) is 0 Å². The van der Waals surface area contributed by atoms with Crippen LogP contribution in [0, 0.1) is 25.2 Å². The molecule has 1 N–H and O–H groups in total. The van der Waals surface area contributed by atoms with Crippen LogP contribution in [0.15, 0.2) is 0 Å². The fourth-order valence-electron chi connectivity index (χ4n) is 2.60. The maximum absolute atomic E-state index is 4.74. The van der Waals surface area contributed by atoms with Crippen molar-refractivity contribution >= 4 is 0 Å². The largest absolute Gasteiger partial charge is 0.316 e. The smallest absolute Gasteiger partial charge is 0.129 e. The first-order valence-electron chi connectivity index (χ1n) is 8.26. The highest BCUT2D eigenvalue weighted by Gasteiger charge is 2.17. The van der Waals surface area contributed by atoms with Crippen LogP contribution in [0.3, 0.4) is 0 Å². The van der Waals surface area contributed by atoms with Crippen LogP contribution in [-0.4, -0.2) is 23.1 Å². The van der Waals surface area contributed by atoms with E-state index in [1.807, 2.05) is 0 Å². The average molecular weight is 291 g/mol. The molecule has 0 aliphatic carbocycles. The van der Waals surface area contributed by atoms with Gasteiger partial charge in [0.1, 0.15) is 5.82 Å². The molecule has 120 valence electrons. The van der Waals surface area contributed by atoms with Gasteiger partial charge in [0, 0.05) is 17.8 Å². The summed E-state index contributed by atoms with van der Waals surface area (Å²) in [7, 11) is 0. The third-order valence-corrected chi connectivity index (χ3v) is 3.63. The van der Waals surface area contributed by atoms with E-state index in [-0.39, 0.29) is 5.41 Å². The third-order valence-electron chi connectivity index (χ3n) is 3.63. The van der Waals surface area contributed by atoms with E-state index >= 15 is 0 Å². The highest BCUT2D eigenvalue weighted by molar-refractivity contribution is 5.25. The van der Waals surface area contributed by atoms with Crippen molar-refractivity contribution in [3.8, 4) is 0 Å². The van der Waals surface area contributed by atoms with Gasteiger partial charge in [-0.2, -0.15) is 0 Å². The summed E-state index contributed by atoms with van der Waals surface area (Å²) in [6.07, 6.45) is 3.18. The minimum atomic E-state index is 0.234.